The number of terminal acetylenes is 1. The van der Waals surface area contributed by atoms with Gasteiger partial charge in [0.1, 0.15) is 23.1 Å². The molecule has 4 nitrogen and oxygen atoms in total. The van der Waals surface area contributed by atoms with Crippen molar-refractivity contribution in [3.05, 3.63) is 30.1 Å². The monoisotopic (exact) mass is 269 g/mol. The maximum absolute atomic E-state index is 6.14. The zero-order valence-corrected chi connectivity index (χ0v) is 11.9. The van der Waals surface area contributed by atoms with E-state index in [1.807, 2.05) is 35.8 Å². The highest BCUT2D eigenvalue weighted by Crippen LogP contribution is 2.28. The number of imidazole rings is 1. The van der Waals surface area contributed by atoms with Crippen molar-refractivity contribution in [1.82, 2.24) is 9.55 Å². The molecule has 0 fully saturated rings. The highest BCUT2D eigenvalue weighted by Gasteiger charge is 2.13. The third-order valence-corrected chi connectivity index (χ3v) is 3.03. The number of aromatic nitrogens is 2. The van der Waals surface area contributed by atoms with Crippen LogP contribution in [0.1, 0.15) is 19.2 Å². The Morgan fingerprint density at radius 3 is 2.95 bits per heavy atom. The molecule has 0 radical (unpaired) electrons. The molecule has 104 valence electrons. The van der Waals surface area contributed by atoms with E-state index in [2.05, 4.69) is 17.8 Å². The first-order chi connectivity index (χ1) is 9.67. The molecule has 0 aliphatic rings. The van der Waals surface area contributed by atoms with Crippen molar-refractivity contribution in [2.75, 3.05) is 12.3 Å². The summed E-state index contributed by atoms with van der Waals surface area (Å²) in [5.74, 6) is 4.82. The number of anilines is 1. The Balaban J connectivity index is 2.37. The van der Waals surface area contributed by atoms with Gasteiger partial charge in [0.05, 0.1) is 13.2 Å². The van der Waals surface area contributed by atoms with Crippen LogP contribution in [0.25, 0.3) is 11.3 Å². The smallest absolute Gasteiger partial charge is 0.132 e. The largest absolute Gasteiger partial charge is 0.494 e. The van der Waals surface area contributed by atoms with Crippen LogP contribution in [-0.2, 0) is 6.54 Å². The zero-order chi connectivity index (χ0) is 14.5. The Hall–Kier alpha value is -2.41. The van der Waals surface area contributed by atoms with Crippen LogP contribution in [0.5, 0.6) is 5.75 Å². The van der Waals surface area contributed by atoms with Crippen molar-refractivity contribution in [1.29, 1.82) is 0 Å². The lowest BCUT2D eigenvalue weighted by Crippen LogP contribution is -2.03. The number of nitrogen functional groups attached to an aromatic ring is 1. The maximum Gasteiger partial charge on any atom is 0.132 e. The molecular formula is C16H19N3O. The average Bonchev–Trinajstić information content (AvgIpc) is 2.74. The standard InChI is InChI=1S/C16H19N3O/c1-4-9-19-12(3)18-15(16(19)17)13-7-6-8-14(11-13)20-10-5-2/h1,6-8,11H,5,9-10,17H2,2-3H3. The number of ether oxygens (including phenoxy) is 1. The van der Waals surface area contributed by atoms with E-state index in [0.29, 0.717) is 19.0 Å². The van der Waals surface area contributed by atoms with Gasteiger partial charge >= 0.3 is 0 Å². The van der Waals surface area contributed by atoms with Gasteiger partial charge in [0, 0.05) is 5.56 Å². The highest BCUT2D eigenvalue weighted by molar-refractivity contribution is 5.72. The van der Waals surface area contributed by atoms with Gasteiger partial charge in [0.25, 0.3) is 0 Å². The number of hydrogen-bond acceptors (Lipinski definition) is 3. The molecule has 0 aliphatic carbocycles. The van der Waals surface area contributed by atoms with E-state index in [0.717, 1.165) is 29.3 Å². The molecule has 0 aliphatic heterocycles. The SMILES string of the molecule is C#CCn1c(C)nc(-c2cccc(OCCC)c2)c1N. The Morgan fingerprint density at radius 2 is 2.25 bits per heavy atom. The fraction of sp³-hybridized carbons (Fsp3) is 0.312. The van der Waals surface area contributed by atoms with Crippen molar-refractivity contribution >= 4 is 5.82 Å². The van der Waals surface area contributed by atoms with E-state index >= 15 is 0 Å². The van der Waals surface area contributed by atoms with Crippen molar-refractivity contribution < 1.29 is 4.74 Å². The minimum Gasteiger partial charge on any atom is -0.494 e. The van der Waals surface area contributed by atoms with E-state index in [1.54, 1.807) is 0 Å². The van der Waals surface area contributed by atoms with E-state index in [1.165, 1.54) is 0 Å². The van der Waals surface area contributed by atoms with Gasteiger partial charge in [-0.2, -0.15) is 0 Å². The summed E-state index contributed by atoms with van der Waals surface area (Å²) in [5.41, 5.74) is 7.83. The van der Waals surface area contributed by atoms with Gasteiger partial charge in [-0.05, 0) is 25.5 Å². The molecule has 0 saturated carbocycles. The van der Waals surface area contributed by atoms with Crippen LogP contribution in [0.15, 0.2) is 24.3 Å². The summed E-state index contributed by atoms with van der Waals surface area (Å²) in [6.07, 6.45) is 6.33. The molecule has 0 amide bonds. The van der Waals surface area contributed by atoms with E-state index in [-0.39, 0.29) is 0 Å². The maximum atomic E-state index is 6.14. The summed E-state index contributed by atoms with van der Waals surface area (Å²) in [6.45, 7) is 5.10. The Labute approximate surface area is 119 Å². The summed E-state index contributed by atoms with van der Waals surface area (Å²) < 4.78 is 7.46. The third-order valence-electron chi connectivity index (χ3n) is 3.03. The number of hydrogen-bond donors (Lipinski definition) is 1. The summed E-state index contributed by atoms with van der Waals surface area (Å²) in [7, 11) is 0. The molecule has 1 aromatic carbocycles. The quantitative estimate of drug-likeness (QED) is 0.849. The predicted octanol–water partition coefficient (Wildman–Crippen LogP) is 2.86. The minimum absolute atomic E-state index is 0.427. The molecule has 0 atom stereocenters. The molecule has 4 heteroatoms. The van der Waals surface area contributed by atoms with E-state index < -0.39 is 0 Å². The Kier molecular flexibility index (Phi) is 4.31. The molecule has 0 spiro atoms. The fourth-order valence-corrected chi connectivity index (χ4v) is 2.04. The summed E-state index contributed by atoms with van der Waals surface area (Å²) in [4.78, 5) is 4.51. The van der Waals surface area contributed by atoms with Crippen LogP contribution in [0, 0.1) is 19.3 Å². The van der Waals surface area contributed by atoms with Gasteiger partial charge in [0.2, 0.25) is 0 Å². The first-order valence-corrected chi connectivity index (χ1v) is 6.66. The first-order valence-electron chi connectivity index (χ1n) is 6.66. The predicted molar refractivity (Wildman–Crippen MR) is 81.4 cm³/mol. The van der Waals surface area contributed by atoms with Crippen LogP contribution >= 0.6 is 0 Å². The van der Waals surface area contributed by atoms with E-state index in [9.17, 15) is 0 Å². The van der Waals surface area contributed by atoms with Gasteiger partial charge in [-0.1, -0.05) is 25.0 Å². The fourth-order valence-electron chi connectivity index (χ4n) is 2.04. The molecule has 1 heterocycles. The van der Waals surface area contributed by atoms with Gasteiger partial charge in [-0.15, -0.1) is 6.42 Å². The second-order valence-corrected chi connectivity index (χ2v) is 4.56. The van der Waals surface area contributed by atoms with Gasteiger partial charge in [-0.3, -0.25) is 0 Å². The first kappa shape index (κ1) is 14.0. The number of rotatable bonds is 5. The van der Waals surface area contributed by atoms with Crippen LogP contribution in [0.2, 0.25) is 0 Å². The zero-order valence-electron chi connectivity index (χ0n) is 11.9. The lowest BCUT2D eigenvalue weighted by molar-refractivity contribution is 0.317. The van der Waals surface area contributed by atoms with Crippen molar-refractivity contribution in [3.8, 4) is 29.4 Å². The Morgan fingerprint density at radius 1 is 1.45 bits per heavy atom. The van der Waals surface area contributed by atoms with Crippen LogP contribution in [0.3, 0.4) is 0 Å². The van der Waals surface area contributed by atoms with Crippen molar-refractivity contribution in [2.45, 2.75) is 26.8 Å². The van der Waals surface area contributed by atoms with Crippen molar-refractivity contribution in [2.24, 2.45) is 0 Å². The average molecular weight is 269 g/mol. The highest BCUT2D eigenvalue weighted by atomic mass is 16.5. The topological polar surface area (TPSA) is 53.1 Å². The van der Waals surface area contributed by atoms with Crippen LogP contribution in [-0.4, -0.2) is 16.2 Å². The molecule has 20 heavy (non-hydrogen) atoms. The van der Waals surface area contributed by atoms with Gasteiger partial charge in [-0.25, -0.2) is 4.98 Å². The third kappa shape index (κ3) is 2.77. The molecule has 0 unspecified atom stereocenters. The van der Waals surface area contributed by atoms with E-state index in [4.69, 9.17) is 16.9 Å². The van der Waals surface area contributed by atoms with Gasteiger partial charge < -0.3 is 15.0 Å². The van der Waals surface area contributed by atoms with Gasteiger partial charge in [0.15, 0.2) is 0 Å². The van der Waals surface area contributed by atoms with Crippen LogP contribution in [0.4, 0.5) is 5.82 Å². The molecule has 2 N–H and O–H groups in total. The van der Waals surface area contributed by atoms with Crippen LogP contribution < -0.4 is 10.5 Å². The molecule has 0 bridgehead atoms. The number of benzene rings is 1. The number of nitrogens with zero attached hydrogens (tertiary/aromatic N) is 2. The molecule has 2 aromatic rings. The molecular weight excluding hydrogens is 250 g/mol. The minimum atomic E-state index is 0.427. The summed E-state index contributed by atoms with van der Waals surface area (Å²) >= 11 is 0. The molecule has 2 rings (SSSR count). The normalized spacial score (nSPS) is 10.2. The Bertz CT molecular complexity index is 638. The number of aryl methyl sites for hydroxylation is 1. The second kappa shape index (κ2) is 6.16. The lowest BCUT2D eigenvalue weighted by Gasteiger charge is -2.07. The molecule has 0 saturated heterocycles. The summed E-state index contributed by atoms with van der Waals surface area (Å²) in [5, 5.41) is 0. The lowest BCUT2D eigenvalue weighted by atomic mass is 10.1. The second-order valence-electron chi connectivity index (χ2n) is 4.56. The number of nitrogens with two attached hydrogens (primary N) is 1. The van der Waals surface area contributed by atoms with Crippen molar-refractivity contribution in [3.63, 3.8) is 0 Å². The molecule has 1 aromatic heterocycles. The summed E-state index contributed by atoms with van der Waals surface area (Å²) in [6, 6.07) is 7.79.